The van der Waals surface area contributed by atoms with Crippen LogP contribution in [-0.2, 0) is 11.3 Å². The third kappa shape index (κ3) is 4.37. The van der Waals surface area contributed by atoms with Crippen LogP contribution in [0.15, 0.2) is 18.5 Å². The lowest BCUT2D eigenvalue weighted by Gasteiger charge is -2.15. The van der Waals surface area contributed by atoms with Crippen LogP contribution in [0.2, 0.25) is 0 Å². The van der Waals surface area contributed by atoms with E-state index in [9.17, 15) is 4.79 Å². The summed E-state index contributed by atoms with van der Waals surface area (Å²) in [5.74, 6) is 0.885. The van der Waals surface area contributed by atoms with Crippen LogP contribution in [0.1, 0.15) is 51.1 Å². The van der Waals surface area contributed by atoms with Crippen molar-refractivity contribution in [2.45, 2.75) is 52.1 Å². The van der Waals surface area contributed by atoms with Crippen LogP contribution in [-0.4, -0.2) is 23.6 Å². The maximum absolute atomic E-state index is 11.8. The SMILES string of the molecule is CCCCNC(=O)Cn1ccc(C(NCC)C2CC2)c1. The van der Waals surface area contributed by atoms with Gasteiger partial charge in [-0.15, -0.1) is 0 Å². The minimum absolute atomic E-state index is 0.104. The van der Waals surface area contributed by atoms with Gasteiger partial charge in [0.15, 0.2) is 0 Å². The molecule has 1 aromatic heterocycles. The number of hydrogen-bond donors (Lipinski definition) is 2. The number of aromatic nitrogens is 1. The third-order valence-electron chi connectivity index (χ3n) is 3.83. The molecule has 1 aromatic rings. The van der Waals surface area contributed by atoms with Crippen molar-refractivity contribution in [2.24, 2.45) is 5.92 Å². The van der Waals surface area contributed by atoms with Crippen LogP contribution < -0.4 is 10.6 Å². The van der Waals surface area contributed by atoms with Crippen LogP contribution in [0, 0.1) is 5.92 Å². The summed E-state index contributed by atoms with van der Waals surface area (Å²) in [6.45, 7) is 6.47. The van der Waals surface area contributed by atoms with Gasteiger partial charge in [-0.25, -0.2) is 0 Å². The molecule has 0 saturated heterocycles. The molecule has 0 aromatic carbocycles. The Morgan fingerprint density at radius 3 is 2.90 bits per heavy atom. The molecule has 2 N–H and O–H groups in total. The van der Waals surface area contributed by atoms with E-state index >= 15 is 0 Å². The molecule has 1 aliphatic rings. The quantitative estimate of drug-likeness (QED) is 0.681. The Morgan fingerprint density at radius 2 is 2.25 bits per heavy atom. The van der Waals surface area contributed by atoms with Gasteiger partial charge in [0.25, 0.3) is 0 Å². The highest BCUT2D eigenvalue weighted by atomic mass is 16.1. The first-order chi connectivity index (χ1) is 9.74. The third-order valence-corrected chi connectivity index (χ3v) is 3.83. The Bertz CT molecular complexity index is 423. The van der Waals surface area contributed by atoms with E-state index in [-0.39, 0.29) is 5.91 Å². The molecule has 1 saturated carbocycles. The molecule has 4 nitrogen and oxygen atoms in total. The van der Waals surface area contributed by atoms with Crippen LogP contribution in [0.5, 0.6) is 0 Å². The predicted octanol–water partition coefficient (Wildman–Crippen LogP) is 2.46. The summed E-state index contributed by atoms with van der Waals surface area (Å²) in [6, 6.07) is 2.61. The van der Waals surface area contributed by atoms with Crippen molar-refractivity contribution >= 4 is 5.91 Å². The second kappa shape index (κ2) is 7.48. The van der Waals surface area contributed by atoms with Gasteiger partial charge in [-0.1, -0.05) is 20.3 Å². The maximum Gasteiger partial charge on any atom is 0.239 e. The van der Waals surface area contributed by atoms with Crippen molar-refractivity contribution in [3.8, 4) is 0 Å². The van der Waals surface area contributed by atoms with E-state index in [4.69, 9.17) is 0 Å². The molecule has 20 heavy (non-hydrogen) atoms. The molecule has 1 fully saturated rings. The van der Waals surface area contributed by atoms with Gasteiger partial charge in [-0.2, -0.15) is 0 Å². The Morgan fingerprint density at radius 1 is 1.45 bits per heavy atom. The zero-order valence-corrected chi connectivity index (χ0v) is 12.7. The molecule has 1 amide bonds. The molecule has 2 rings (SSSR count). The van der Waals surface area contributed by atoms with Gasteiger partial charge < -0.3 is 15.2 Å². The zero-order chi connectivity index (χ0) is 14.4. The molecule has 4 heteroatoms. The highest BCUT2D eigenvalue weighted by Gasteiger charge is 2.32. The summed E-state index contributed by atoms with van der Waals surface area (Å²) in [4.78, 5) is 11.8. The van der Waals surface area contributed by atoms with Crippen molar-refractivity contribution in [1.82, 2.24) is 15.2 Å². The van der Waals surface area contributed by atoms with E-state index in [0.29, 0.717) is 12.6 Å². The number of nitrogens with zero attached hydrogens (tertiary/aromatic N) is 1. The smallest absolute Gasteiger partial charge is 0.239 e. The van der Waals surface area contributed by atoms with E-state index < -0.39 is 0 Å². The Hall–Kier alpha value is -1.29. The fraction of sp³-hybridized carbons (Fsp3) is 0.688. The van der Waals surface area contributed by atoms with Crippen LogP contribution in [0.3, 0.4) is 0 Å². The Kier molecular flexibility index (Phi) is 5.65. The average Bonchev–Trinajstić information content (AvgIpc) is 3.17. The van der Waals surface area contributed by atoms with Crippen molar-refractivity contribution < 1.29 is 4.79 Å². The fourth-order valence-corrected chi connectivity index (χ4v) is 2.57. The number of hydrogen-bond acceptors (Lipinski definition) is 2. The number of carbonyl (C=O) groups excluding carboxylic acids is 1. The molecule has 0 bridgehead atoms. The minimum Gasteiger partial charge on any atom is -0.355 e. The minimum atomic E-state index is 0.104. The number of rotatable bonds is 9. The van der Waals surface area contributed by atoms with Crippen molar-refractivity contribution in [1.29, 1.82) is 0 Å². The molecule has 0 spiro atoms. The largest absolute Gasteiger partial charge is 0.355 e. The number of unbranched alkanes of at least 4 members (excludes halogenated alkanes) is 1. The van der Waals surface area contributed by atoms with Crippen molar-refractivity contribution in [3.05, 3.63) is 24.0 Å². The van der Waals surface area contributed by atoms with E-state index in [1.165, 1.54) is 18.4 Å². The first-order valence-corrected chi connectivity index (χ1v) is 7.90. The lowest BCUT2D eigenvalue weighted by atomic mass is 10.1. The highest BCUT2D eigenvalue weighted by Crippen LogP contribution is 2.40. The Balaban J connectivity index is 1.86. The first-order valence-electron chi connectivity index (χ1n) is 7.90. The summed E-state index contributed by atoms with van der Waals surface area (Å²) in [5.41, 5.74) is 1.32. The standard InChI is InChI=1S/C16H27N3O/c1-3-5-9-18-15(20)12-19-10-8-14(11-19)16(17-4-2)13-6-7-13/h8,10-11,13,16-17H,3-7,9,12H2,1-2H3,(H,18,20). The monoisotopic (exact) mass is 277 g/mol. The zero-order valence-electron chi connectivity index (χ0n) is 12.7. The lowest BCUT2D eigenvalue weighted by Crippen LogP contribution is -2.28. The topological polar surface area (TPSA) is 46.1 Å². The molecule has 1 unspecified atom stereocenters. The molecule has 0 radical (unpaired) electrons. The van der Waals surface area contributed by atoms with Gasteiger partial charge >= 0.3 is 0 Å². The summed E-state index contributed by atoms with van der Waals surface area (Å²) < 4.78 is 1.99. The van der Waals surface area contributed by atoms with Gasteiger partial charge in [0.2, 0.25) is 5.91 Å². The molecular weight excluding hydrogens is 250 g/mol. The number of nitrogens with one attached hydrogen (secondary N) is 2. The van der Waals surface area contributed by atoms with E-state index in [0.717, 1.165) is 31.8 Å². The summed E-state index contributed by atoms with van der Waals surface area (Å²) in [7, 11) is 0. The van der Waals surface area contributed by atoms with E-state index in [1.54, 1.807) is 0 Å². The lowest BCUT2D eigenvalue weighted by molar-refractivity contribution is -0.121. The maximum atomic E-state index is 11.8. The number of amides is 1. The summed E-state index contributed by atoms with van der Waals surface area (Å²) in [6.07, 6.45) is 8.93. The molecule has 1 heterocycles. The fourth-order valence-electron chi connectivity index (χ4n) is 2.57. The predicted molar refractivity (Wildman–Crippen MR) is 81.5 cm³/mol. The second-order valence-corrected chi connectivity index (χ2v) is 5.69. The number of carbonyl (C=O) groups is 1. The molecule has 112 valence electrons. The van der Waals surface area contributed by atoms with Crippen LogP contribution in [0.25, 0.3) is 0 Å². The molecule has 0 aliphatic heterocycles. The van der Waals surface area contributed by atoms with Gasteiger partial charge in [-0.05, 0) is 43.4 Å². The Labute approximate surface area is 121 Å². The normalized spacial score (nSPS) is 16.1. The average molecular weight is 277 g/mol. The summed E-state index contributed by atoms with van der Waals surface area (Å²) in [5, 5.41) is 6.51. The summed E-state index contributed by atoms with van der Waals surface area (Å²) >= 11 is 0. The van der Waals surface area contributed by atoms with Gasteiger partial charge in [0.05, 0.1) is 0 Å². The second-order valence-electron chi connectivity index (χ2n) is 5.69. The molecule has 1 aliphatic carbocycles. The van der Waals surface area contributed by atoms with Gasteiger partial charge in [0.1, 0.15) is 6.54 Å². The van der Waals surface area contributed by atoms with Crippen molar-refractivity contribution in [2.75, 3.05) is 13.1 Å². The first kappa shape index (κ1) is 15.1. The van der Waals surface area contributed by atoms with Crippen molar-refractivity contribution in [3.63, 3.8) is 0 Å². The van der Waals surface area contributed by atoms with Crippen LogP contribution in [0.4, 0.5) is 0 Å². The molecular formula is C16H27N3O. The van der Waals surface area contributed by atoms with E-state index in [1.807, 2.05) is 10.8 Å². The van der Waals surface area contributed by atoms with E-state index in [2.05, 4.69) is 36.7 Å². The highest BCUT2D eigenvalue weighted by molar-refractivity contribution is 5.75. The van der Waals surface area contributed by atoms with Gasteiger partial charge in [0, 0.05) is 25.0 Å². The van der Waals surface area contributed by atoms with Gasteiger partial charge in [-0.3, -0.25) is 4.79 Å². The molecule has 1 atom stereocenters. The van der Waals surface area contributed by atoms with Crippen LogP contribution >= 0.6 is 0 Å².